The third kappa shape index (κ3) is 5.75. The van der Waals surface area contributed by atoms with Crippen molar-refractivity contribution in [1.29, 1.82) is 0 Å². The van der Waals surface area contributed by atoms with Gasteiger partial charge in [0, 0.05) is 10.5 Å². The highest BCUT2D eigenvalue weighted by Crippen LogP contribution is 2.31. The Hall–Kier alpha value is -0.0500. The smallest absolute Gasteiger partial charge is 0.0551 e. The quantitative estimate of drug-likeness (QED) is 0.540. The maximum Gasteiger partial charge on any atom is 0.0551 e. The number of halogens is 2. The average Bonchev–Trinajstić information content (AvgIpc) is 2.45. The number of hydrogen-bond acceptors (Lipinski definition) is 1. The van der Waals surface area contributed by atoms with Gasteiger partial charge in [-0.25, -0.2) is 0 Å². The van der Waals surface area contributed by atoms with Gasteiger partial charge in [0.25, 0.3) is 0 Å². The summed E-state index contributed by atoms with van der Waals surface area (Å²) in [6.45, 7) is 7.73. The van der Waals surface area contributed by atoms with Crippen LogP contribution in [0.15, 0.2) is 22.7 Å². The van der Waals surface area contributed by atoms with Crippen LogP contribution in [-0.4, -0.2) is 6.54 Å². The largest absolute Gasteiger partial charge is 0.310 e. The zero-order valence-corrected chi connectivity index (χ0v) is 15.2. The first-order valence-electron chi connectivity index (χ1n) is 7.80. The van der Waals surface area contributed by atoms with Crippen LogP contribution in [-0.2, 0) is 0 Å². The number of nitrogens with one attached hydrogen (secondary N) is 1. The zero-order valence-electron chi connectivity index (χ0n) is 12.9. The Bertz CT molecular complexity index is 395. The van der Waals surface area contributed by atoms with E-state index in [1.807, 2.05) is 0 Å². The van der Waals surface area contributed by atoms with Gasteiger partial charge in [0.2, 0.25) is 0 Å². The van der Waals surface area contributed by atoms with Crippen molar-refractivity contribution < 1.29 is 0 Å². The average molecular weight is 361 g/mol. The van der Waals surface area contributed by atoms with Crippen LogP contribution in [0.3, 0.4) is 0 Å². The lowest BCUT2D eigenvalue weighted by atomic mass is 9.89. The highest BCUT2D eigenvalue weighted by Gasteiger charge is 2.17. The van der Waals surface area contributed by atoms with E-state index >= 15 is 0 Å². The van der Waals surface area contributed by atoms with Crippen molar-refractivity contribution in [3.63, 3.8) is 0 Å². The number of unbranched alkanes of at least 4 members (excludes halogenated alkanes) is 1. The molecule has 2 unspecified atom stereocenters. The molecule has 0 heterocycles. The van der Waals surface area contributed by atoms with E-state index in [9.17, 15) is 0 Å². The summed E-state index contributed by atoms with van der Waals surface area (Å²) in [5, 5.41) is 4.41. The monoisotopic (exact) mass is 359 g/mol. The van der Waals surface area contributed by atoms with Crippen LogP contribution >= 0.6 is 27.5 Å². The molecule has 3 heteroatoms. The van der Waals surface area contributed by atoms with Gasteiger partial charge in [-0.2, -0.15) is 0 Å². The van der Waals surface area contributed by atoms with Gasteiger partial charge in [0.1, 0.15) is 0 Å². The number of rotatable bonds is 9. The van der Waals surface area contributed by atoms with Gasteiger partial charge in [-0.05, 0) is 52.5 Å². The molecule has 0 amide bonds. The van der Waals surface area contributed by atoms with E-state index in [2.05, 4.69) is 60.2 Å². The van der Waals surface area contributed by atoms with Crippen molar-refractivity contribution in [2.75, 3.05) is 6.54 Å². The summed E-state index contributed by atoms with van der Waals surface area (Å²) in [5.74, 6) is 0.793. The molecule has 0 saturated heterocycles. The van der Waals surface area contributed by atoms with Crippen LogP contribution < -0.4 is 5.32 Å². The summed E-state index contributed by atoms with van der Waals surface area (Å²) < 4.78 is 0.969. The maximum atomic E-state index is 6.24. The minimum absolute atomic E-state index is 0.410. The molecule has 0 aliphatic carbocycles. The first-order chi connectivity index (χ1) is 9.62. The summed E-state index contributed by atoms with van der Waals surface area (Å²) in [6.07, 6.45) is 6.40. The fourth-order valence-corrected chi connectivity index (χ4v) is 3.06. The topological polar surface area (TPSA) is 12.0 Å². The van der Waals surface area contributed by atoms with Crippen molar-refractivity contribution in [1.82, 2.24) is 5.32 Å². The summed E-state index contributed by atoms with van der Waals surface area (Å²) in [4.78, 5) is 0. The normalized spacial score (nSPS) is 14.2. The lowest BCUT2D eigenvalue weighted by Crippen LogP contribution is -2.23. The van der Waals surface area contributed by atoms with Gasteiger partial charge in [-0.15, -0.1) is 0 Å². The van der Waals surface area contributed by atoms with Crippen LogP contribution in [0.25, 0.3) is 0 Å². The number of benzene rings is 1. The van der Waals surface area contributed by atoms with E-state index in [0.29, 0.717) is 6.04 Å². The highest BCUT2D eigenvalue weighted by atomic mass is 79.9. The Morgan fingerprint density at radius 2 is 2.00 bits per heavy atom. The molecular weight excluding hydrogens is 334 g/mol. The van der Waals surface area contributed by atoms with Crippen molar-refractivity contribution >= 4 is 27.5 Å². The van der Waals surface area contributed by atoms with Gasteiger partial charge in [0.15, 0.2) is 0 Å². The Morgan fingerprint density at radius 1 is 1.25 bits per heavy atom. The van der Waals surface area contributed by atoms with Gasteiger partial charge < -0.3 is 5.32 Å². The van der Waals surface area contributed by atoms with Crippen molar-refractivity contribution in [3.8, 4) is 0 Å². The molecule has 0 spiro atoms. The van der Waals surface area contributed by atoms with E-state index in [0.717, 1.165) is 22.0 Å². The Kier molecular flexibility index (Phi) is 8.83. The molecule has 1 nitrogen and oxygen atoms in total. The first-order valence-corrected chi connectivity index (χ1v) is 8.97. The van der Waals surface area contributed by atoms with Gasteiger partial charge in [-0.3, -0.25) is 0 Å². The lowest BCUT2D eigenvalue weighted by Gasteiger charge is -2.24. The van der Waals surface area contributed by atoms with Crippen LogP contribution in [0.4, 0.5) is 0 Å². The van der Waals surface area contributed by atoms with Crippen molar-refractivity contribution in [3.05, 3.63) is 33.3 Å². The SMILES string of the molecule is CCCCC(CC)CC(NCC)c1ccc(Br)c(Cl)c1. The molecule has 1 rings (SSSR count). The number of hydrogen-bond donors (Lipinski definition) is 1. The molecule has 0 bridgehead atoms. The fourth-order valence-electron chi connectivity index (χ4n) is 2.63. The third-order valence-corrected chi connectivity index (χ3v) is 5.14. The van der Waals surface area contributed by atoms with Crippen molar-refractivity contribution in [2.45, 2.75) is 58.9 Å². The molecule has 1 aromatic carbocycles. The predicted octanol–water partition coefficient (Wildman–Crippen LogP) is 6.36. The molecule has 1 aromatic rings. The van der Waals surface area contributed by atoms with E-state index in [-0.39, 0.29) is 0 Å². The van der Waals surface area contributed by atoms with Crippen LogP contribution in [0.1, 0.15) is 64.5 Å². The molecule has 0 saturated carbocycles. The standard InChI is InChI=1S/C17H27BrClN/c1-4-7-8-13(5-2)11-17(20-6-3)14-9-10-15(18)16(19)12-14/h9-10,12-13,17,20H,4-8,11H2,1-3H3. The van der Waals surface area contributed by atoms with Gasteiger partial charge in [0.05, 0.1) is 5.02 Å². The predicted molar refractivity (Wildman–Crippen MR) is 93.5 cm³/mol. The fraction of sp³-hybridized carbons (Fsp3) is 0.647. The molecule has 114 valence electrons. The third-order valence-electron chi connectivity index (χ3n) is 3.91. The van der Waals surface area contributed by atoms with Gasteiger partial charge in [-0.1, -0.05) is 64.1 Å². The Labute approximate surface area is 137 Å². The lowest BCUT2D eigenvalue weighted by molar-refractivity contribution is 0.357. The van der Waals surface area contributed by atoms with Crippen LogP contribution in [0.5, 0.6) is 0 Å². The summed E-state index contributed by atoms with van der Waals surface area (Å²) in [5.41, 5.74) is 1.30. The minimum atomic E-state index is 0.410. The molecule has 0 radical (unpaired) electrons. The molecule has 0 aliphatic heterocycles. The van der Waals surface area contributed by atoms with E-state index in [1.165, 1.54) is 37.7 Å². The molecule has 0 aliphatic rings. The Morgan fingerprint density at radius 3 is 2.55 bits per heavy atom. The maximum absolute atomic E-state index is 6.24. The molecule has 0 aromatic heterocycles. The van der Waals surface area contributed by atoms with E-state index in [4.69, 9.17) is 11.6 Å². The summed E-state index contributed by atoms with van der Waals surface area (Å²) in [6, 6.07) is 6.73. The highest BCUT2D eigenvalue weighted by molar-refractivity contribution is 9.10. The molecule has 0 fully saturated rings. The molecular formula is C17H27BrClN. The second kappa shape index (κ2) is 9.81. The van der Waals surface area contributed by atoms with Crippen LogP contribution in [0, 0.1) is 5.92 Å². The summed E-state index contributed by atoms with van der Waals surface area (Å²) in [7, 11) is 0. The Balaban J connectivity index is 2.78. The van der Waals surface area contributed by atoms with Crippen LogP contribution in [0.2, 0.25) is 5.02 Å². The second-order valence-electron chi connectivity index (χ2n) is 5.44. The molecule has 2 atom stereocenters. The van der Waals surface area contributed by atoms with E-state index < -0.39 is 0 Å². The minimum Gasteiger partial charge on any atom is -0.310 e. The second-order valence-corrected chi connectivity index (χ2v) is 6.70. The van der Waals surface area contributed by atoms with Gasteiger partial charge >= 0.3 is 0 Å². The summed E-state index contributed by atoms with van der Waals surface area (Å²) >= 11 is 9.70. The zero-order chi connectivity index (χ0) is 15.0. The van der Waals surface area contributed by atoms with E-state index in [1.54, 1.807) is 0 Å². The molecule has 1 N–H and O–H groups in total. The van der Waals surface area contributed by atoms with Crippen molar-refractivity contribution in [2.24, 2.45) is 5.92 Å². The first kappa shape index (κ1) is 18.0. The molecule has 20 heavy (non-hydrogen) atoms.